The lowest BCUT2D eigenvalue weighted by molar-refractivity contribution is 0.772. The Bertz CT molecular complexity index is 451. The molecule has 0 amide bonds. The highest BCUT2D eigenvalue weighted by Gasteiger charge is 2.07. The van der Waals surface area contributed by atoms with Gasteiger partial charge in [-0.2, -0.15) is 0 Å². The summed E-state index contributed by atoms with van der Waals surface area (Å²) < 4.78 is 1.80. The largest absolute Gasteiger partial charge is 0.216 e. The summed E-state index contributed by atoms with van der Waals surface area (Å²) in [6.45, 7) is 2.12. The third kappa shape index (κ3) is 1.88. The molecule has 0 aliphatic heterocycles. The van der Waals surface area contributed by atoms with Crippen LogP contribution in [0.2, 0.25) is 0 Å². The number of aromatic nitrogens is 3. The number of hydrogen-bond donors (Lipinski definition) is 0. The van der Waals surface area contributed by atoms with Crippen molar-refractivity contribution >= 4 is 11.6 Å². The molecule has 1 aromatic carbocycles. The number of nitrogens with zero attached hydrogens (tertiary/aromatic N) is 3. The summed E-state index contributed by atoms with van der Waals surface area (Å²) in [4.78, 5) is 0. The van der Waals surface area contributed by atoms with Gasteiger partial charge in [-0.3, -0.25) is 0 Å². The van der Waals surface area contributed by atoms with Crippen LogP contribution < -0.4 is 0 Å². The van der Waals surface area contributed by atoms with Gasteiger partial charge in [0.15, 0.2) is 0 Å². The molecule has 0 atom stereocenters. The van der Waals surface area contributed by atoms with Crippen molar-refractivity contribution in [3.63, 3.8) is 0 Å². The monoisotopic (exact) mass is 221 g/mol. The lowest BCUT2D eigenvalue weighted by Gasteiger charge is -2.08. The molecule has 0 saturated heterocycles. The van der Waals surface area contributed by atoms with Crippen molar-refractivity contribution in [3.8, 4) is 5.69 Å². The molecule has 0 radical (unpaired) electrons. The molecular formula is C11H12ClN3. The van der Waals surface area contributed by atoms with E-state index in [0.717, 1.165) is 17.8 Å². The Morgan fingerprint density at radius 2 is 2.13 bits per heavy atom. The van der Waals surface area contributed by atoms with Gasteiger partial charge in [0.05, 0.1) is 23.5 Å². The second-order valence-electron chi connectivity index (χ2n) is 3.25. The molecule has 78 valence electrons. The average molecular weight is 222 g/mol. The Morgan fingerprint density at radius 1 is 1.33 bits per heavy atom. The van der Waals surface area contributed by atoms with Gasteiger partial charge in [0.1, 0.15) is 0 Å². The van der Waals surface area contributed by atoms with E-state index >= 15 is 0 Å². The highest BCUT2D eigenvalue weighted by molar-refractivity contribution is 6.16. The van der Waals surface area contributed by atoms with Crippen LogP contribution in [-0.2, 0) is 12.3 Å². The third-order valence-electron chi connectivity index (χ3n) is 2.36. The van der Waals surface area contributed by atoms with Crippen molar-refractivity contribution in [1.29, 1.82) is 0 Å². The normalized spacial score (nSPS) is 10.5. The van der Waals surface area contributed by atoms with Crippen LogP contribution in [0.3, 0.4) is 0 Å². The molecule has 1 aromatic heterocycles. The number of para-hydroxylation sites is 1. The number of rotatable bonds is 3. The maximum atomic E-state index is 5.82. The van der Waals surface area contributed by atoms with Crippen molar-refractivity contribution in [2.75, 3.05) is 0 Å². The average Bonchev–Trinajstić information content (AvgIpc) is 2.76. The fourth-order valence-electron chi connectivity index (χ4n) is 1.57. The van der Waals surface area contributed by atoms with E-state index in [1.807, 2.05) is 18.2 Å². The first-order valence-electron chi connectivity index (χ1n) is 4.90. The van der Waals surface area contributed by atoms with Crippen molar-refractivity contribution < 1.29 is 0 Å². The molecule has 1 heterocycles. The number of alkyl halides is 1. The molecule has 0 aliphatic rings. The van der Waals surface area contributed by atoms with E-state index in [1.54, 1.807) is 10.9 Å². The minimum absolute atomic E-state index is 0.422. The van der Waals surface area contributed by atoms with Gasteiger partial charge in [0.2, 0.25) is 0 Å². The van der Waals surface area contributed by atoms with Crippen molar-refractivity contribution in [1.82, 2.24) is 15.0 Å². The van der Waals surface area contributed by atoms with Gasteiger partial charge in [0, 0.05) is 0 Å². The van der Waals surface area contributed by atoms with Crippen LogP contribution >= 0.6 is 11.6 Å². The number of hydrogen-bond acceptors (Lipinski definition) is 2. The van der Waals surface area contributed by atoms with Gasteiger partial charge in [-0.15, -0.1) is 16.7 Å². The van der Waals surface area contributed by atoms with Crippen molar-refractivity contribution in [2.24, 2.45) is 0 Å². The molecule has 0 saturated carbocycles. The Morgan fingerprint density at radius 3 is 2.87 bits per heavy atom. The summed E-state index contributed by atoms with van der Waals surface area (Å²) in [5.74, 6) is 0.422. The number of halogens is 1. The molecule has 0 bridgehead atoms. The topological polar surface area (TPSA) is 30.7 Å². The zero-order valence-corrected chi connectivity index (χ0v) is 9.28. The predicted octanol–water partition coefficient (Wildman–Crippen LogP) is 2.57. The third-order valence-corrected chi connectivity index (χ3v) is 2.63. The van der Waals surface area contributed by atoms with Gasteiger partial charge in [0.25, 0.3) is 0 Å². The summed E-state index contributed by atoms with van der Waals surface area (Å²) in [7, 11) is 0. The van der Waals surface area contributed by atoms with Gasteiger partial charge in [-0.25, -0.2) is 4.68 Å². The zero-order chi connectivity index (χ0) is 10.7. The van der Waals surface area contributed by atoms with Gasteiger partial charge < -0.3 is 0 Å². The van der Waals surface area contributed by atoms with E-state index in [0.29, 0.717) is 5.88 Å². The SMILES string of the molecule is CCc1ccccc1-n1nncc1CCl. The molecule has 0 spiro atoms. The molecule has 2 rings (SSSR count). The Labute approximate surface area is 93.7 Å². The Balaban J connectivity index is 2.53. The maximum absolute atomic E-state index is 5.82. The lowest BCUT2D eigenvalue weighted by Crippen LogP contribution is -2.04. The van der Waals surface area contributed by atoms with Crippen molar-refractivity contribution in [2.45, 2.75) is 19.2 Å². The van der Waals surface area contributed by atoms with E-state index in [-0.39, 0.29) is 0 Å². The second-order valence-corrected chi connectivity index (χ2v) is 3.52. The molecular weight excluding hydrogens is 210 g/mol. The van der Waals surface area contributed by atoms with E-state index in [9.17, 15) is 0 Å². The first-order valence-corrected chi connectivity index (χ1v) is 5.44. The van der Waals surface area contributed by atoms with Crippen LogP contribution in [0, 0.1) is 0 Å². The van der Waals surface area contributed by atoms with Gasteiger partial charge >= 0.3 is 0 Å². The minimum Gasteiger partial charge on any atom is -0.216 e. The molecule has 0 unspecified atom stereocenters. The lowest BCUT2D eigenvalue weighted by atomic mass is 10.1. The highest BCUT2D eigenvalue weighted by Crippen LogP contribution is 2.16. The molecule has 0 aliphatic carbocycles. The number of aryl methyl sites for hydroxylation is 1. The van der Waals surface area contributed by atoms with E-state index < -0.39 is 0 Å². The summed E-state index contributed by atoms with van der Waals surface area (Å²) in [6.07, 6.45) is 2.66. The summed E-state index contributed by atoms with van der Waals surface area (Å²) in [6, 6.07) is 8.15. The van der Waals surface area contributed by atoms with Crippen LogP contribution in [0.1, 0.15) is 18.2 Å². The maximum Gasteiger partial charge on any atom is 0.0793 e. The molecule has 15 heavy (non-hydrogen) atoms. The first-order chi connectivity index (χ1) is 7.36. The minimum atomic E-state index is 0.422. The zero-order valence-electron chi connectivity index (χ0n) is 8.52. The van der Waals surface area contributed by atoms with Crippen LogP contribution in [-0.4, -0.2) is 15.0 Å². The van der Waals surface area contributed by atoms with E-state index in [1.165, 1.54) is 5.56 Å². The van der Waals surface area contributed by atoms with E-state index in [4.69, 9.17) is 11.6 Å². The molecule has 3 nitrogen and oxygen atoms in total. The molecule has 0 fully saturated rings. The first kappa shape index (κ1) is 10.2. The second kappa shape index (κ2) is 4.45. The smallest absolute Gasteiger partial charge is 0.0793 e. The standard InChI is InChI=1S/C11H12ClN3/c1-2-9-5-3-4-6-11(9)15-10(7-12)8-13-14-15/h3-6,8H,2,7H2,1H3. The van der Waals surface area contributed by atoms with Crippen LogP contribution in [0.25, 0.3) is 5.69 Å². The Kier molecular flexibility index (Phi) is 3.02. The van der Waals surface area contributed by atoms with E-state index in [2.05, 4.69) is 23.3 Å². The van der Waals surface area contributed by atoms with Gasteiger partial charge in [-0.05, 0) is 18.1 Å². The molecule has 4 heteroatoms. The van der Waals surface area contributed by atoms with Crippen LogP contribution in [0.15, 0.2) is 30.5 Å². The highest BCUT2D eigenvalue weighted by atomic mass is 35.5. The summed E-state index contributed by atoms with van der Waals surface area (Å²) in [5, 5.41) is 7.92. The van der Waals surface area contributed by atoms with Crippen LogP contribution in [0.4, 0.5) is 0 Å². The predicted molar refractivity (Wildman–Crippen MR) is 60.3 cm³/mol. The fourth-order valence-corrected chi connectivity index (χ4v) is 1.75. The fraction of sp³-hybridized carbons (Fsp3) is 0.273. The van der Waals surface area contributed by atoms with Crippen molar-refractivity contribution in [3.05, 3.63) is 41.7 Å². The number of benzene rings is 1. The quantitative estimate of drug-likeness (QED) is 0.746. The summed E-state index contributed by atoms with van der Waals surface area (Å²) in [5.41, 5.74) is 3.22. The molecule has 0 N–H and O–H groups in total. The summed E-state index contributed by atoms with van der Waals surface area (Å²) >= 11 is 5.82. The Hall–Kier alpha value is -1.35. The molecule has 2 aromatic rings. The van der Waals surface area contributed by atoms with Gasteiger partial charge in [-0.1, -0.05) is 30.3 Å². The van der Waals surface area contributed by atoms with Crippen LogP contribution in [0.5, 0.6) is 0 Å².